The summed E-state index contributed by atoms with van der Waals surface area (Å²) >= 11 is 0. The smallest absolute Gasteiger partial charge is 0.253 e. The Morgan fingerprint density at radius 3 is 2.41 bits per heavy atom. The second-order valence-electron chi connectivity index (χ2n) is 8.56. The standard InChI is InChI=1S/C22H32N2O2.ClH/c25-21(24-14-11-22(12-15-24)10-13-23-17-22)19-6-8-20(9-7-19)26-16-18-4-2-1-3-5-18;/h6-9,18,23H,1-5,10-17H2;1H. The summed E-state index contributed by atoms with van der Waals surface area (Å²) in [5.74, 6) is 1.77. The molecule has 1 N–H and O–H groups in total. The summed E-state index contributed by atoms with van der Waals surface area (Å²) in [6, 6.07) is 7.78. The number of likely N-dealkylation sites (tertiary alicyclic amines) is 1. The summed E-state index contributed by atoms with van der Waals surface area (Å²) in [5.41, 5.74) is 1.24. The van der Waals surface area contributed by atoms with Gasteiger partial charge in [-0.1, -0.05) is 19.3 Å². The molecule has 4 rings (SSSR count). The Labute approximate surface area is 169 Å². The van der Waals surface area contributed by atoms with Crippen LogP contribution in [-0.4, -0.2) is 43.6 Å². The first-order chi connectivity index (χ1) is 12.7. The molecule has 1 aliphatic carbocycles. The molecule has 2 heterocycles. The zero-order chi connectivity index (χ0) is 17.8. The fourth-order valence-corrected chi connectivity index (χ4v) is 4.85. The third-order valence-corrected chi connectivity index (χ3v) is 6.76. The molecule has 1 amide bonds. The second kappa shape index (κ2) is 9.29. The molecule has 2 saturated heterocycles. The van der Waals surface area contributed by atoms with Crippen molar-refractivity contribution in [2.75, 3.05) is 32.8 Å². The third-order valence-electron chi connectivity index (χ3n) is 6.76. The molecule has 1 saturated carbocycles. The van der Waals surface area contributed by atoms with Crippen LogP contribution in [0, 0.1) is 11.3 Å². The second-order valence-corrected chi connectivity index (χ2v) is 8.56. The van der Waals surface area contributed by atoms with Gasteiger partial charge in [0.05, 0.1) is 6.61 Å². The summed E-state index contributed by atoms with van der Waals surface area (Å²) in [6.07, 6.45) is 10.2. The molecule has 1 aromatic rings. The maximum absolute atomic E-state index is 12.8. The van der Waals surface area contributed by atoms with E-state index in [-0.39, 0.29) is 18.3 Å². The van der Waals surface area contributed by atoms with Crippen molar-refractivity contribution < 1.29 is 9.53 Å². The van der Waals surface area contributed by atoms with E-state index in [0.29, 0.717) is 11.3 Å². The molecule has 3 fully saturated rings. The number of piperidine rings is 1. The quantitative estimate of drug-likeness (QED) is 0.831. The van der Waals surface area contributed by atoms with Crippen LogP contribution in [0.3, 0.4) is 0 Å². The molecule has 0 radical (unpaired) electrons. The van der Waals surface area contributed by atoms with Crippen LogP contribution in [0.15, 0.2) is 24.3 Å². The zero-order valence-corrected chi connectivity index (χ0v) is 17.1. The van der Waals surface area contributed by atoms with Gasteiger partial charge in [0, 0.05) is 25.2 Å². The Balaban J connectivity index is 0.00000210. The summed E-state index contributed by atoms with van der Waals surface area (Å²) in [4.78, 5) is 14.8. The minimum atomic E-state index is 0. The van der Waals surface area contributed by atoms with Crippen LogP contribution in [-0.2, 0) is 0 Å². The van der Waals surface area contributed by atoms with Crippen molar-refractivity contribution in [3.05, 3.63) is 29.8 Å². The third kappa shape index (κ3) is 4.97. The lowest BCUT2D eigenvalue weighted by Gasteiger charge is -2.38. The van der Waals surface area contributed by atoms with Crippen molar-refractivity contribution in [2.24, 2.45) is 11.3 Å². The molecule has 0 atom stereocenters. The largest absolute Gasteiger partial charge is 0.493 e. The van der Waals surface area contributed by atoms with Gasteiger partial charge in [-0.15, -0.1) is 12.4 Å². The monoisotopic (exact) mass is 392 g/mol. The van der Waals surface area contributed by atoms with E-state index in [1.54, 1.807) is 0 Å². The lowest BCUT2D eigenvalue weighted by molar-refractivity contribution is 0.0607. The number of halogens is 1. The predicted molar refractivity (Wildman–Crippen MR) is 111 cm³/mol. The van der Waals surface area contributed by atoms with E-state index in [1.165, 1.54) is 38.5 Å². The number of hydrogen-bond acceptors (Lipinski definition) is 3. The van der Waals surface area contributed by atoms with Crippen molar-refractivity contribution in [3.8, 4) is 5.75 Å². The molecule has 1 spiro atoms. The van der Waals surface area contributed by atoms with Crippen LogP contribution in [0.25, 0.3) is 0 Å². The molecular formula is C22H33ClN2O2. The first-order valence-corrected chi connectivity index (χ1v) is 10.5. The van der Waals surface area contributed by atoms with E-state index in [1.807, 2.05) is 29.2 Å². The summed E-state index contributed by atoms with van der Waals surface area (Å²) in [5, 5.41) is 3.48. The normalized spacial score (nSPS) is 22.4. The number of ether oxygens (including phenoxy) is 1. The molecule has 1 aromatic carbocycles. The van der Waals surface area contributed by atoms with Gasteiger partial charge in [0.1, 0.15) is 5.75 Å². The highest BCUT2D eigenvalue weighted by molar-refractivity contribution is 5.94. The number of nitrogens with zero attached hydrogens (tertiary/aromatic N) is 1. The molecule has 5 heteroatoms. The molecule has 3 aliphatic rings. The summed E-state index contributed by atoms with van der Waals surface area (Å²) in [7, 11) is 0. The van der Waals surface area contributed by atoms with E-state index >= 15 is 0 Å². The van der Waals surface area contributed by atoms with Crippen molar-refractivity contribution in [3.63, 3.8) is 0 Å². The van der Waals surface area contributed by atoms with Crippen LogP contribution in [0.5, 0.6) is 5.75 Å². The Kier molecular flexibility index (Phi) is 7.04. The van der Waals surface area contributed by atoms with E-state index in [4.69, 9.17) is 4.74 Å². The Hall–Kier alpha value is -1.26. The first kappa shape index (κ1) is 20.5. The van der Waals surface area contributed by atoms with Gasteiger partial charge in [-0.2, -0.15) is 0 Å². The highest BCUT2D eigenvalue weighted by atomic mass is 35.5. The SMILES string of the molecule is Cl.O=C(c1ccc(OCC2CCCCC2)cc1)N1CCC2(CCNC2)CC1. The molecule has 0 aromatic heterocycles. The van der Waals surface area contributed by atoms with Crippen molar-refractivity contribution >= 4 is 18.3 Å². The number of hydrogen-bond donors (Lipinski definition) is 1. The average Bonchev–Trinajstić information content (AvgIpc) is 3.16. The van der Waals surface area contributed by atoms with Crippen molar-refractivity contribution in [1.29, 1.82) is 0 Å². The number of nitrogens with one attached hydrogen (secondary N) is 1. The van der Waals surface area contributed by atoms with E-state index < -0.39 is 0 Å². The van der Waals surface area contributed by atoms with Crippen LogP contribution < -0.4 is 10.1 Å². The lowest BCUT2D eigenvalue weighted by atomic mass is 9.78. The average molecular weight is 393 g/mol. The van der Waals surface area contributed by atoms with E-state index in [2.05, 4.69) is 5.32 Å². The number of amides is 1. The molecule has 27 heavy (non-hydrogen) atoms. The minimum absolute atomic E-state index is 0. The molecule has 4 nitrogen and oxygen atoms in total. The van der Waals surface area contributed by atoms with Gasteiger partial charge in [0.15, 0.2) is 0 Å². The minimum Gasteiger partial charge on any atom is -0.493 e. The van der Waals surface area contributed by atoms with Gasteiger partial charge in [-0.25, -0.2) is 0 Å². The summed E-state index contributed by atoms with van der Waals surface area (Å²) in [6.45, 7) is 4.86. The van der Waals surface area contributed by atoms with Crippen molar-refractivity contribution in [1.82, 2.24) is 10.2 Å². The van der Waals surface area contributed by atoms with E-state index in [9.17, 15) is 4.79 Å². The predicted octanol–water partition coefficient (Wildman–Crippen LogP) is 4.28. The highest BCUT2D eigenvalue weighted by Gasteiger charge is 2.38. The molecular weight excluding hydrogens is 360 g/mol. The van der Waals surface area contributed by atoms with Crippen LogP contribution >= 0.6 is 12.4 Å². The maximum atomic E-state index is 12.8. The number of carbonyl (C=O) groups excluding carboxylic acids is 1. The summed E-state index contributed by atoms with van der Waals surface area (Å²) < 4.78 is 5.96. The van der Waals surface area contributed by atoms with Gasteiger partial charge in [-0.05, 0) is 74.2 Å². The fourth-order valence-electron chi connectivity index (χ4n) is 4.85. The van der Waals surface area contributed by atoms with Gasteiger partial charge >= 0.3 is 0 Å². The van der Waals surface area contributed by atoms with Gasteiger partial charge in [-0.3, -0.25) is 4.79 Å². The highest BCUT2D eigenvalue weighted by Crippen LogP contribution is 2.37. The van der Waals surface area contributed by atoms with E-state index in [0.717, 1.165) is 56.9 Å². The number of rotatable bonds is 4. The Morgan fingerprint density at radius 2 is 1.78 bits per heavy atom. The van der Waals surface area contributed by atoms with Gasteiger partial charge in [0.25, 0.3) is 5.91 Å². The number of carbonyl (C=O) groups is 1. The molecule has 150 valence electrons. The zero-order valence-electron chi connectivity index (χ0n) is 16.3. The Bertz CT molecular complexity index is 597. The lowest BCUT2D eigenvalue weighted by Crippen LogP contribution is -2.44. The molecule has 0 unspecified atom stereocenters. The Morgan fingerprint density at radius 1 is 1.07 bits per heavy atom. The van der Waals surface area contributed by atoms with Crippen LogP contribution in [0.4, 0.5) is 0 Å². The van der Waals surface area contributed by atoms with Gasteiger partial charge < -0.3 is 15.0 Å². The van der Waals surface area contributed by atoms with Gasteiger partial charge in [0.2, 0.25) is 0 Å². The maximum Gasteiger partial charge on any atom is 0.253 e. The first-order valence-electron chi connectivity index (χ1n) is 10.5. The number of benzene rings is 1. The van der Waals surface area contributed by atoms with Crippen LogP contribution in [0.1, 0.15) is 61.7 Å². The van der Waals surface area contributed by atoms with Crippen molar-refractivity contribution in [2.45, 2.75) is 51.4 Å². The topological polar surface area (TPSA) is 41.6 Å². The molecule has 2 aliphatic heterocycles. The van der Waals surface area contributed by atoms with Crippen LogP contribution in [0.2, 0.25) is 0 Å². The molecule has 0 bridgehead atoms. The fraction of sp³-hybridized carbons (Fsp3) is 0.682.